The average molecular weight is 253 g/mol. The number of piperazine rings is 1. The van der Waals surface area contributed by atoms with Crippen molar-refractivity contribution in [3.8, 4) is 0 Å². The summed E-state index contributed by atoms with van der Waals surface area (Å²) < 4.78 is 0. The van der Waals surface area contributed by atoms with E-state index >= 15 is 0 Å². The smallest absolute Gasteiger partial charge is 0.0235 e. The lowest BCUT2D eigenvalue weighted by atomic mass is 9.77. The Kier molecular flexibility index (Phi) is 5.46. The largest absolute Gasteiger partial charge is 0.314 e. The van der Waals surface area contributed by atoms with Crippen LogP contribution in [0.1, 0.15) is 39.0 Å². The maximum atomic E-state index is 3.81. The summed E-state index contributed by atoms with van der Waals surface area (Å²) >= 11 is 0. The second-order valence-corrected chi connectivity index (χ2v) is 6.38. The highest BCUT2D eigenvalue weighted by Gasteiger charge is 2.31. The number of rotatable bonds is 6. The molecule has 1 saturated carbocycles. The van der Waals surface area contributed by atoms with Gasteiger partial charge in [0.05, 0.1) is 0 Å². The molecule has 106 valence electrons. The van der Waals surface area contributed by atoms with Gasteiger partial charge in [-0.2, -0.15) is 0 Å². The highest BCUT2D eigenvalue weighted by atomic mass is 15.3. The molecule has 0 aromatic rings. The van der Waals surface area contributed by atoms with Gasteiger partial charge in [0, 0.05) is 31.7 Å². The Hall–Kier alpha value is -0.120. The zero-order valence-electron chi connectivity index (χ0n) is 12.5. The van der Waals surface area contributed by atoms with Gasteiger partial charge in [-0.15, -0.1) is 0 Å². The first-order chi connectivity index (χ1) is 8.70. The van der Waals surface area contributed by atoms with Crippen molar-refractivity contribution in [1.82, 2.24) is 15.1 Å². The molecule has 0 aromatic heterocycles. The Morgan fingerprint density at radius 3 is 2.61 bits per heavy atom. The van der Waals surface area contributed by atoms with Crippen LogP contribution in [-0.2, 0) is 0 Å². The normalized spacial score (nSPS) is 29.2. The van der Waals surface area contributed by atoms with Crippen LogP contribution in [0.3, 0.4) is 0 Å². The molecule has 2 unspecified atom stereocenters. The van der Waals surface area contributed by atoms with Crippen molar-refractivity contribution in [2.75, 3.05) is 40.3 Å². The van der Waals surface area contributed by atoms with Crippen LogP contribution in [0.4, 0.5) is 0 Å². The molecule has 0 spiro atoms. The van der Waals surface area contributed by atoms with Crippen molar-refractivity contribution >= 4 is 0 Å². The third-order valence-electron chi connectivity index (χ3n) is 4.88. The van der Waals surface area contributed by atoms with E-state index in [4.69, 9.17) is 0 Å². The molecule has 1 heterocycles. The van der Waals surface area contributed by atoms with E-state index in [-0.39, 0.29) is 0 Å². The lowest BCUT2D eigenvalue weighted by molar-refractivity contribution is 0.0858. The maximum absolute atomic E-state index is 3.81. The summed E-state index contributed by atoms with van der Waals surface area (Å²) in [6.45, 7) is 7.15. The fourth-order valence-electron chi connectivity index (χ4n) is 3.26. The summed E-state index contributed by atoms with van der Waals surface area (Å²) in [6.07, 6.45) is 6.95. The third kappa shape index (κ3) is 3.69. The zero-order chi connectivity index (χ0) is 13.0. The summed E-state index contributed by atoms with van der Waals surface area (Å²) in [6, 6.07) is 1.51. The fourth-order valence-corrected chi connectivity index (χ4v) is 3.26. The Labute approximate surface area is 113 Å². The fraction of sp³-hybridized carbons (Fsp3) is 1.00. The van der Waals surface area contributed by atoms with Crippen molar-refractivity contribution in [3.05, 3.63) is 0 Å². The second-order valence-electron chi connectivity index (χ2n) is 6.38. The molecular weight excluding hydrogens is 222 g/mol. The standard InChI is InChI=1S/C15H31N3/c1-4-8-16-15(13-6-5-7-13)11-14-12-17(2)9-10-18(14)3/h13-16H,4-12H2,1-3H3. The molecule has 18 heavy (non-hydrogen) atoms. The van der Waals surface area contributed by atoms with Gasteiger partial charge in [-0.05, 0) is 52.2 Å². The van der Waals surface area contributed by atoms with E-state index in [1.165, 1.54) is 58.3 Å². The predicted molar refractivity (Wildman–Crippen MR) is 78.0 cm³/mol. The molecule has 1 aliphatic carbocycles. The quantitative estimate of drug-likeness (QED) is 0.778. The van der Waals surface area contributed by atoms with Gasteiger partial charge >= 0.3 is 0 Å². The first kappa shape index (κ1) is 14.3. The predicted octanol–water partition coefficient (Wildman–Crippen LogP) is 1.79. The van der Waals surface area contributed by atoms with Gasteiger partial charge in [0.1, 0.15) is 0 Å². The minimum atomic E-state index is 0.749. The number of hydrogen-bond donors (Lipinski definition) is 1. The van der Waals surface area contributed by atoms with Crippen LogP contribution < -0.4 is 5.32 Å². The van der Waals surface area contributed by atoms with Gasteiger partial charge in [-0.1, -0.05) is 13.3 Å². The molecule has 2 aliphatic rings. The molecule has 0 amide bonds. The van der Waals surface area contributed by atoms with Crippen LogP contribution >= 0.6 is 0 Å². The van der Waals surface area contributed by atoms with E-state index in [1.807, 2.05) is 0 Å². The molecule has 0 radical (unpaired) electrons. The van der Waals surface area contributed by atoms with Gasteiger partial charge in [0.2, 0.25) is 0 Å². The van der Waals surface area contributed by atoms with E-state index < -0.39 is 0 Å². The molecule has 3 heteroatoms. The number of nitrogens with zero attached hydrogens (tertiary/aromatic N) is 2. The molecule has 2 fully saturated rings. The van der Waals surface area contributed by atoms with E-state index in [0.717, 1.165) is 18.0 Å². The van der Waals surface area contributed by atoms with Gasteiger partial charge in [-0.25, -0.2) is 0 Å². The molecule has 0 bridgehead atoms. The highest BCUT2D eigenvalue weighted by Crippen LogP contribution is 2.32. The second kappa shape index (κ2) is 6.88. The molecule has 1 N–H and O–H groups in total. The monoisotopic (exact) mass is 253 g/mol. The maximum Gasteiger partial charge on any atom is 0.0235 e. The van der Waals surface area contributed by atoms with Crippen LogP contribution in [-0.4, -0.2) is 62.2 Å². The van der Waals surface area contributed by atoms with Gasteiger partial charge in [0.15, 0.2) is 0 Å². The van der Waals surface area contributed by atoms with E-state index in [0.29, 0.717) is 0 Å². The van der Waals surface area contributed by atoms with Crippen molar-refractivity contribution in [2.24, 2.45) is 5.92 Å². The topological polar surface area (TPSA) is 18.5 Å². The summed E-state index contributed by atoms with van der Waals surface area (Å²) in [5.41, 5.74) is 0. The van der Waals surface area contributed by atoms with E-state index in [2.05, 4.69) is 36.1 Å². The Bertz CT molecular complexity index is 240. The first-order valence-corrected chi connectivity index (χ1v) is 7.83. The number of likely N-dealkylation sites (N-methyl/N-ethyl adjacent to an activating group) is 2. The highest BCUT2D eigenvalue weighted by molar-refractivity contribution is 4.89. The van der Waals surface area contributed by atoms with Crippen LogP contribution in [0.15, 0.2) is 0 Å². The Balaban J connectivity index is 1.85. The summed E-state index contributed by atoms with van der Waals surface area (Å²) in [7, 11) is 4.56. The SMILES string of the molecule is CCCNC(CC1CN(C)CCN1C)C1CCC1. The molecule has 0 aromatic carbocycles. The van der Waals surface area contributed by atoms with Crippen LogP contribution in [0.2, 0.25) is 0 Å². The van der Waals surface area contributed by atoms with Crippen molar-refractivity contribution in [1.29, 1.82) is 0 Å². The molecular formula is C15H31N3. The molecule has 3 nitrogen and oxygen atoms in total. The first-order valence-electron chi connectivity index (χ1n) is 7.83. The van der Waals surface area contributed by atoms with Crippen LogP contribution in [0, 0.1) is 5.92 Å². The number of nitrogens with one attached hydrogen (secondary N) is 1. The summed E-state index contributed by atoms with van der Waals surface area (Å²) in [5, 5.41) is 3.81. The average Bonchev–Trinajstić information content (AvgIpc) is 2.28. The van der Waals surface area contributed by atoms with Crippen molar-refractivity contribution < 1.29 is 0 Å². The minimum absolute atomic E-state index is 0.749. The van der Waals surface area contributed by atoms with Crippen LogP contribution in [0.25, 0.3) is 0 Å². The van der Waals surface area contributed by atoms with Gasteiger partial charge in [-0.3, -0.25) is 0 Å². The van der Waals surface area contributed by atoms with Gasteiger partial charge in [0.25, 0.3) is 0 Å². The Morgan fingerprint density at radius 1 is 1.22 bits per heavy atom. The number of hydrogen-bond acceptors (Lipinski definition) is 3. The lowest BCUT2D eigenvalue weighted by Gasteiger charge is -2.42. The summed E-state index contributed by atoms with van der Waals surface area (Å²) in [5.74, 6) is 0.956. The third-order valence-corrected chi connectivity index (χ3v) is 4.88. The lowest BCUT2D eigenvalue weighted by Crippen LogP contribution is -2.53. The Morgan fingerprint density at radius 2 is 2.00 bits per heavy atom. The van der Waals surface area contributed by atoms with Crippen molar-refractivity contribution in [2.45, 2.75) is 51.1 Å². The van der Waals surface area contributed by atoms with E-state index in [1.54, 1.807) is 0 Å². The van der Waals surface area contributed by atoms with Gasteiger partial charge < -0.3 is 15.1 Å². The molecule has 1 aliphatic heterocycles. The van der Waals surface area contributed by atoms with Crippen molar-refractivity contribution in [3.63, 3.8) is 0 Å². The molecule has 2 atom stereocenters. The zero-order valence-corrected chi connectivity index (χ0v) is 12.5. The minimum Gasteiger partial charge on any atom is -0.314 e. The van der Waals surface area contributed by atoms with Crippen LogP contribution in [0.5, 0.6) is 0 Å². The summed E-state index contributed by atoms with van der Waals surface area (Å²) in [4.78, 5) is 5.06. The molecule has 2 rings (SSSR count). The molecule has 1 saturated heterocycles. The van der Waals surface area contributed by atoms with E-state index in [9.17, 15) is 0 Å².